The Morgan fingerprint density at radius 1 is 1.31 bits per heavy atom. The van der Waals surface area contributed by atoms with E-state index in [0.717, 1.165) is 36.4 Å². The number of amides is 1. The standard InChI is InChI=1S/C20H25N9O2S/c1-13-7-9-28(10-8-13)12-16-17(23-27-29(16)19-18(21)25-31-26-19)20(30)24-22-11-14-3-5-15(32-2)6-4-14/h3-6,11,13H,7-10,12H2,1-2H3,(H2,21,25)(H,24,30)/b22-11+. The van der Waals surface area contributed by atoms with Crippen molar-refractivity contribution in [1.82, 2.24) is 35.6 Å². The number of hydrogen-bond acceptors (Lipinski definition) is 10. The molecule has 0 radical (unpaired) electrons. The molecule has 11 nitrogen and oxygen atoms in total. The van der Waals surface area contributed by atoms with Gasteiger partial charge in [-0.15, -0.1) is 16.9 Å². The van der Waals surface area contributed by atoms with Gasteiger partial charge in [-0.2, -0.15) is 9.78 Å². The van der Waals surface area contributed by atoms with Gasteiger partial charge in [0.15, 0.2) is 5.69 Å². The second-order valence-corrected chi connectivity index (χ2v) is 8.58. The maximum absolute atomic E-state index is 12.9. The fourth-order valence-corrected chi connectivity index (χ4v) is 3.88. The van der Waals surface area contributed by atoms with Gasteiger partial charge in [-0.3, -0.25) is 9.69 Å². The summed E-state index contributed by atoms with van der Waals surface area (Å²) in [6.45, 7) is 4.55. The average Bonchev–Trinajstić information content (AvgIpc) is 3.41. The molecule has 1 aliphatic rings. The highest BCUT2D eigenvalue weighted by Gasteiger charge is 2.26. The predicted molar refractivity (Wildman–Crippen MR) is 121 cm³/mol. The van der Waals surface area contributed by atoms with Crippen LogP contribution in [-0.2, 0) is 6.54 Å². The van der Waals surface area contributed by atoms with Gasteiger partial charge in [0.05, 0.1) is 11.9 Å². The number of likely N-dealkylation sites (tertiary alicyclic amines) is 1. The molecule has 4 rings (SSSR count). The van der Waals surface area contributed by atoms with Gasteiger partial charge < -0.3 is 5.73 Å². The van der Waals surface area contributed by atoms with E-state index >= 15 is 0 Å². The first-order chi connectivity index (χ1) is 15.5. The van der Waals surface area contributed by atoms with E-state index in [2.05, 4.69) is 43.0 Å². The zero-order chi connectivity index (χ0) is 22.5. The molecular formula is C20H25N9O2S. The van der Waals surface area contributed by atoms with E-state index in [0.29, 0.717) is 18.2 Å². The maximum Gasteiger partial charge on any atom is 0.293 e. The molecule has 0 saturated carbocycles. The minimum atomic E-state index is -0.469. The van der Waals surface area contributed by atoms with Crippen LogP contribution in [0.15, 0.2) is 38.9 Å². The van der Waals surface area contributed by atoms with Crippen molar-refractivity contribution in [2.75, 3.05) is 25.1 Å². The van der Waals surface area contributed by atoms with E-state index in [9.17, 15) is 4.79 Å². The number of hydrogen-bond donors (Lipinski definition) is 2. The van der Waals surface area contributed by atoms with Crippen molar-refractivity contribution in [3.63, 3.8) is 0 Å². The lowest BCUT2D eigenvalue weighted by Crippen LogP contribution is -2.34. The summed E-state index contributed by atoms with van der Waals surface area (Å²) in [6.07, 6.45) is 5.78. The Morgan fingerprint density at radius 3 is 2.72 bits per heavy atom. The van der Waals surface area contributed by atoms with Crippen LogP contribution in [0.25, 0.3) is 5.82 Å². The number of carbonyl (C=O) groups is 1. The van der Waals surface area contributed by atoms with Crippen molar-refractivity contribution in [2.24, 2.45) is 11.0 Å². The van der Waals surface area contributed by atoms with Crippen molar-refractivity contribution in [3.05, 3.63) is 41.2 Å². The molecule has 168 valence electrons. The van der Waals surface area contributed by atoms with E-state index in [1.165, 1.54) is 4.68 Å². The Morgan fingerprint density at radius 2 is 2.06 bits per heavy atom. The Balaban J connectivity index is 1.53. The predicted octanol–water partition coefficient (Wildman–Crippen LogP) is 1.95. The third-order valence-electron chi connectivity index (χ3n) is 5.42. The molecule has 3 N–H and O–H groups in total. The average molecular weight is 456 g/mol. The monoisotopic (exact) mass is 455 g/mol. The molecule has 12 heteroatoms. The summed E-state index contributed by atoms with van der Waals surface area (Å²) in [5, 5.41) is 19.6. The number of nitrogens with zero attached hydrogens (tertiary/aromatic N) is 7. The number of aromatic nitrogens is 5. The van der Waals surface area contributed by atoms with Crippen LogP contribution in [0.3, 0.4) is 0 Å². The van der Waals surface area contributed by atoms with Crippen LogP contribution < -0.4 is 11.2 Å². The first kappa shape index (κ1) is 22.0. The fourth-order valence-electron chi connectivity index (χ4n) is 3.47. The third kappa shape index (κ3) is 4.97. The van der Waals surface area contributed by atoms with Gasteiger partial charge in [0, 0.05) is 11.4 Å². The van der Waals surface area contributed by atoms with Crippen LogP contribution in [0.1, 0.15) is 41.5 Å². The molecule has 0 unspecified atom stereocenters. The van der Waals surface area contributed by atoms with Crippen molar-refractivity contribution in [3.8, 4) is 5.82 Å². The SMILES string of the molecule is CSc1ccc(/C=N/NC(=O)c2nnn(-c3nonc3N)c2CN2CCC(C)CC2)cc1. The second-order valence-electron chi connectivity index (χ2n) is 7.70. The molecule has 1 saturated heterocycles. The number of anilines is 1. The van der Waals surface area contributed by atoms with Gasteiger partial charge >= 0.3 is 0 Å². The van der Waals surface area contributed by atoms with Gasteiger partial charge in [-0.1, -0.05) is 24.3 Å². The molecule has 3 aromatic rings. The van der Waals surface area contributed by atoms with Gasteiger partial charge in [0.2, 0.25) is 11.6 Å². The van der Waals surface area contributed by atoms with Gasteiger partial charge in [-0.05, 0) is 66.1 Å². The van der Waals surface area contributed by atoms with Crippen molar-refractivity contribution in [1.29, 1.82) is 0 Å². The Bertz CT molecular complexity index is 1080. The summed E-state index contributed by atoms with van der Waals surface area (Å²) in [5.74, 6) is 0.492. The van der Waals surface area contributed by atoms with Gasteiger partial charge in [0.25, 0.3) is 5.91 Å². The summed E-state index contributed by atoms with van der Waals surface area (Å²) in [7, 11) is 0. The summed E-state index contributed by atoms with van der Waals surface area (Å²) < 4.78 is 6.11. The smallest absolute Gasteiger partial charge is 0.293 e. The number of nitrogens with two attached hydrogens (primary N) is 1. The molecular weight excluding hydrogens is 430 g/mol. The van der Waals surface area contributed by atoms with E-state index in [1.54, 1.807) is 18.0 Å². The van der Waals surface area contributed by atoms with E-state index < -0.39 is 5.91 Å². The van der Waals surface area contributed by atoms with Gasteiger partial charge in [0.1, 0.15) is 0 Å². The lowest BCUT2D eigenvalue weighted by molar-refractivity contribution is 0.0947. The number of piperidine rings is 1. The summed E-state index contributed by atoms with van der Waals surface area (Å²) in [4.78, 5) is 16.3. The molecule has 1 fully saturated rings. The van der Waals surface area contributed by atoms with Crippen molar-refractivity contribution < 1.29 is 9.42 Å². The molecule has 1 aliphatic heterocycles. The lowest BCUT2D eigenvalue weighted by Gasteiger charge is -2.30. The first-order valence-electron chi connectivity index (χ1n) is 10.3. The highest BCUT2D eigenvalue weighted by molar-refractivity contribution is 7.98. The van der Waals surface area contributed by atoms with Crippen LogP contribution in [0.2, 0.25) is 0 Å². The molecule has 0 aliphatic carbocycles. The molecule has 0 bridgehead atoms. The summed E-state index contributed by atoms with van der Waals surface area (Å²) in [6, 6.07) is 7.85. The molecule has 32 heavy (non-hydrogen) atoms. The number of hydrazone groups is 1. The second kappa shape index (κ2) is 9.92. The highest BCUT2D eigenvalue weighted by Crippen LogP contribution is 2.21. The van der Waals surface area contributed by atoms with Crippen molar-refractivity contribution in [2.45, 2.75) is 31.2 Å². The molecule has 0 atom stereocenters. The minimum absolute atomic E-state index is 0.0714. The summed E-state index contributed by atoms with van der Waals surface area (Å²) in [5.41, 5.74) is 9.96. The normalized spacial score (nSPS) is 15.4. The number of nitrogen functional groups attached to an aromatic ring is 1. The molecule has 2 aromatic heterocycles. The van der Waals surface area contributed by atoms with Crippen LogP contribution in [0.5, 0.6) is 0 Å². The van der Waals surface area contributed by atoms with Crippen LogP contribution >= 0.6 is 11.8 Å². The van der Waals surface area contributed by atoms with Crippen LogP contribution in [0.4, 0.5) is 5.82 Å². The number of rotatable bonds is 7. The maximum atomic E-state index is 12.9. The largest absolute Gasteiger partial charge is 0.378 e. The highest BCUT2D eigenvalue weighted by atomic mass is 32.2. The number of thioether (sulfide) groups is 1. The summed E-state index contributed by atoms with van der Waals surface area (Å²) >= 11 is 1.66. The Hall–Kier alpha value is -3.25. The Labute approximate surface area is 189 Å². The molecule has 1 amide bonds. The van der Waals surface area contributed by atoms with E-state index in [4.69, 9.17) is 10.4 Å². The number of carbonyl (C=O) groups excluding carboxylic acids is 1. The van der Waals surface area contributed by atoms with Crippen LogP contribution in [-0.4, -0.2) is 61.7 Å². The first-order valence-corrected chi connectivity index (χ1v) is 11.5. The zero-order valence-corrected chi connectivity index (χ0v) is 18.7. The van der Waals surface area contributed by atoms with Gasteiger partial charge in [-0.25, -0.2) is 10.1 Å². The van der Waals surface area contributed by atoms with E-state index in [1.807, 2.05) is 30.5 Å². The molecule has 3 heterocycles. The minimum Gasteiger partial charge on any atom is -0.378 e. The Kier molecular flexibility index (Phi) is 6.81. The van der Waals surface area contributed by atoms with Crippen molar-refractivity contribution >= 4 is 29.7 Å². The topological polar surface area (TPSA) is 140 Å². The number of nitrogens with one attached hydrogen (secondary N) is 1. The van der Waals surface area contributed by atoms with E-state index in [-0.39, 0.29) is 17.3 Å². The fraction of sp³-hybridized carbons (Fsp3) is 0.400. The third-order valence-corrected chi connectivity index (χ3v) is 6.16. The number of benzene rings is 1. The lowest BCUT2D eigenvalue weighted by atomic mass is 9.99. The molecule has 1 aromatic carbocycles. The quantitative estimate of drug-likeness (QED) is 0.311. The zero-order valence-electron chi connectivity index (χ0n) is 17.9. The van der Waals surface area contributed by atoms with Crippen LogP contribution in [0, 0.1) is 5.92 Å². The molecule has 0 spiro atoms.